The number of hydrogen-bond donors (Lipinski definition) is 0. The SMILES string of the molecule is Cc1ccncc1CO[C@@H]1CCOC2(C1)CN(C(=O)c1cnccn1)C2. The van der Waals surface area contributed by atoms with Crippen molar-refractivity contribution in [3.05, 3.63) is 53.9 Å². The normalized spacial score (nSPS) is 21.4. The fourth-order valence-corrected chi connectivity index (χ4v) is 3.57. The van der Waals surface area contributed by atoms with Gasteiger partial charge in [0.2, 0.25) is 0 Å². The smallest absolute Gasteiger partial charge is 0.274 e. The lowest BCUT2D eigenvalue weighted by Crippen LogP contribution is -2.67. The van der Waals surface area contributed by atoms with E-state index in [2.05, 4.69) is 21.9 Å². The van der Waals surface area contributed by atoms with Crippen LogP contribution in [-0.4, -0.2) is 57.2 Å². The highest BCUT2D eigenvalue weighted by molar-refractivity contribution is 5.92. The predicted molar refractivity (Wildman–Crippen MR) is 93.4 cm³/mol. The van der Waals surface area contributed by atoms with Crippen LogP contribution in [0.5, 0.6) is 0 Å². The average molecular weight is 354 g/mol. The molecule has 7 nitrogen and oxygen atoms in total. The van der Waals surface area contributed by atoms with Gasteiger partial charge in [-0.1, -0.05) is 0 Å². The molecule has 2 aromatic rings. The number of rotatable bonds is 4. The molecule has 0 N–H and O–H groups in total. The Morgan fingerprint density at radius 2 is 2.15 bits per heavy atom. The molecule has 7 heteroatoms. The molecule has 0 saturated carbocycles. The number of hydrogen-bond acceptors (Lipinski definition) is 6. The molecular formula is C19H22N4O3. The Morgan fingerprint density at radius 1 is 1.31 bits per heavy atom. The molecule has 2 aliphatic heterocycles. The van der Waals surface area contributed by atoms with Crippen molar-refractivity contribution < 1.29 is 14.3 Å². The first kappa shape index (κ1) is 17.1. The Balaban J connectivity index is 1.32. The molecule has 0 aromatic carbocycles. The van der Waals surface area contributed by atoms with Crippen molar-refractivity contribution in [3.63, 3.8) is 0 Å². The fraction of sp³-hybridized carbons (Fsp3) is 0.474. The molecule has 0 unspecified atom stereocenters. The molecule has 2 fully saturated rings. The molecule has 1 atom stereocenters. The zero-order chi connectivity index (χ0) is 18.0. The van der Waals surface area contributed by atoms with Crippen molar-refractivity contribution in [2.75, 3.05) is 19.7 Å². The highest BCUT2D eigenvalue weighted by atomic mass is 16.5. The Morgan fingerprint density at radius 3 is 2.92 bits per heavy atom. The van der Waals surface area contributed by atoms with Gasteiger partial charge in [-0.25, -0.2) is 4.98 Å². The number of pyridine rings is 1. The second-order valence-electron chi connectivity index (χ2n) is 7.01. The van der Waals surface area contributed by atoms with E-state index in [4.69, 9.17) is 9.47 Å². The van der Waals surface area contributed by atoms with Gasteiger partial charge in [-0.05, 0) is 30.5 Å². The molecule has 1 spiro atoms. The molecule has 2 saturated heterocycles. The highest BCUT2D eigenvalue weighted by Gasteiger charge is 2.49. The number of likely N-dealkylation sites (tertiary alicyclic amines) is 1. The molecule has 26 heavy (non-hydrogen) atoms. The van der Waals surface area contributed by atoms with Crippen LogP contribution in [0.25, 0.3) is 0 Å². The van der Waals surface area contributed by atoms with Crippen molar-refractivity contribution in [2.45, 2.75) is 38.1 Å². The Hall–Kier alpha value is -2.38. The van der Waals surface area contributed by atoms with Crippen LogP contribution in [0.2, 0.25) is 0 Å². The molecule has 136 valence electrons. The van der Waals surface area contributed by atoms with Crippen LogP contribution in [0.3, 0.4) is 0 Å². The van der Waals surface area contributed by atoms with E-state index in [0.29, 0.717) is 32.0 Å². The third kappa shape index (κ3) is 3.45. The topological polar surface area (TPSA) is 77.4 Å². The van der Waals surface area contributed by atoms with Gasteiger partial charge < -0.3 is 14.4 Å². The molecule has 0 bridgehead atoms. The summed E-state index contributed by atoms with van der Waals surface area (Å²) in [5.41, 5.74) is 2.38. The Labute approximate surface area is 152 Å². The highest BCUT2D eigenvalue weighted by Crippen LogP contribution is 2.36. The van der Waals surface area contributed by atoms with E-state index in [-0.39, 0.29) is 17.6 Å². The van der Waals surface area contributed by atoms with Gasteiger partial charge in [0, 0.05) is 37.8 Å². The number of aromatic nitrogens is 3. The maximum atomic E-state index is 12.4. The fourth-order valence-electron chi connectivity index (χ4n) is 3.57. The molecule has 4 rings (SSSR count). The van der Waals surface area contributed by atoms with Gasteiger partial charge >= 0.3 is 0 Å². The van der Waals surface area contributed by atoms with Crippen LogP contribution in [0.4, 0.5) is 0 Å². The zero-order valence-corrected chi connectivity index (χ0v) is 14.8. The van der Waals surface area contributed by atoms with Crippen molar-refractivity contribution in [1.29, 1.82) is 0 Å². The van der Waals surface area contributed by atoms with Crippen LogP contribution >= 0.6 is 0 Å². The second-order valence-corrected chi connectivity index (χ2v) is 7.01. The third-order valence-corrected chi connectivity index (χ3v) is 5.10. The average Bonchev–Trinajstić information content (AvgIpc) is 2.66. The summed E-state index contributed by atoms with van der Waals surface area (Å²) in [6.45, 7) is 4.43. The van der Waals surface area contributed by atoms with Gasteiger partial charge in [0.25, 0.3) is 5.91 Å². The van der Waals surface area contributed by atoms with E-state index in [1.807, 2.05) is 12.3 Å². The summed E-state index contributed by atoms with van der Waals surface area (Å²) in [5.74, 6) is -0.0960. The first-order valence-electron chi connectivity index (χ1n) is 8.86. The summed E-state index contributed by atoms with van der Waals surface area (Å²) in [5, 5.41) is 0. The van der Waals surface area contributed by atoms with Crippen molar-refractivity contribution >= 4 is 5.91 Å². The number of carbonyl (C=O) groups excluding carboxylic acids is 1. The van der Waals surface area contributed by atoms with Crippen LogP contribution in [0.15, 0.2) is 37.1 Å². The van der Waals surface area contributed by atoms with Crippen molar-refractivity contribution in [1.82, 2.24) is 19.9 Å². The molecule has 0 radical (unpaired) electrons. The van der Waals surface area contributed by atoms with E-state index < -0.39 is 0 Å². The molecule has 4 heterocycles. The Kier molecular flexibility index (Phi) is 4.65. The molecule has 1 amide bonds. The summed E-state index contributed by atoms with van der Waals surface area (Å²) in [4.78, 5) is 26.4. The van der Waals surface area contributed by atoms with Crippen LogP contribution in [0.1, 0.15) is 34.5 Å². The first-order chi connectivity index (χ1) is 12.7. The molecule has 2 aromatic heterocycles. The monoisotopic (exact) mass is 354 g/mol. The standard InChI is InChI=1S/C19H22N4O3/c1-14-2-4-20-9-15(14)11-25-16-3-7-26-19(8-16)12-23(13-19)18(24)17-10-21-5-6-22-17/h2,4-6,9-10,16H,3,7-8,11-13H2,1H3/t16-/m1/s1. The van der Waals surface area contributed by atoms with Gasteiger partial charge in [0.1, 0.15) is 11.3 Å². The van der Waals surface area contributed by atoms with E-state index in [1.165, 1.54) is 18.0 Å². The second kappa shape index (κ2) is 7.09. The lowest BCUT2D eigenvalue weighted by molar-refractivity contribution is -0.188. The van der Waals surface area contributed by atoms with Crippen molar-refractivity contribution in [3.8, 4) is 0 Å². The first-order valence-corrected chi connectivity index (χ1v) is 8.86. The van der Waals surface area contributed by atoms with E-state index in [9.17, 15) is 4.79 Å². The number of ether oxygens (including phenoxy) is 2. The molecule has 0 aliphatic carbocycles. The van der Waals surface area contributed by atoms with Gasteiger partial charge in [-0.2, -0.15) is 0 Å². The Bertz CT molecular complexity index is 777. The molecular weight excluding hydrogens is 332 g/mol. The quantitative estimate of drug-likeness (QED) is 0.833. The molecule has 2 aliphatic rings. The minimum atomic E-state index is -0.287. The lowest BCUT2D eigenvalue weighted by atomic mass is 9.84. The largest absolute Gasteiger partial charge is 0.373 e. The maximum absolute atomic E-state index is 12.4. The van der Waals surface area contributed by atoms with E-state index >= 15 is 0 Å². The number of nitrogens with zero attached hydrogens (tertiary/aromatic N) is 4. The number of aryl methyl sites for hydroxylation is 1. The summed E-state index contributed by atoms with van der Waals surface area (Å²) >= 11 is 0. The van der Waals surface area contributed by atoms with Crippen LogP contribution in [0, 0.1) is 6.92 Å². The summed E-state index contributed by atoms with van der Waals surface area (Å²) in [6.07, 6.45) is 10.0. The lowest BCUT2D eigenvalue weighted by Gasteiger charge is -2.52. The third-order valence-electron chi connectivity index (χ3n) is 5.10. The van der Waals surface area contributed by atoms with Gasteiger partial charge in [-0.3, -0.25) is 14.8 Å². The zero-order valence-electron chi connectivity index (χ0n) is 14.8. The minimum absolute atomic E-state index is 0.0960. The van der Waals surface area contributed by atoms with Gasteiger partial charge in [0.05, 0.1) is 32.0 Å². The van der Waals surface area contributed by atoms with Gasteiger partial charge in [-0.15, -0.1) is 0 Å². The van der Waals surface area contributed by atoms with Crippen LogP contribution in [-0.2, 0) is 16.1 Å². The summed E-state index contributed by atoms with van der Waals surface area (Å²) < 4.78 is 12.1. The number of amides is 1. The predicted octanol–water partition coefficient (Wildman–Crippen LogP) is 1.77. The van der Waals surface area contributed by atoms with E-state index in [0.717, 1.165) is 18.4 Å². The van der Waals surface area contributed by atoms with Crippen molar-refractivity contribution in [2.24, 2.45) is 0 Å². The van der Waals surface area contributed by atoms with Gasteiger partial charge in [0.15, 0.2) is 0 Å². The number of carbonyl (C=O) groups is 1. The maximum Gasteiger partial charge on any atom is 0.274 e. The minimum Gasteiger partial charge on any atom is -0.373 e. The van der Waals surface area contributed by atoms with Crippen LogP contribution < -0.4 is 0 Å². The summed E-state index contributed by atoms with van der Waals surface area (Å²) in [6, 6.07) is 1.99. The summed E-state index contributed by atoms with van der Waals surface area (Å²) in [7, 11) is 0. The van der Waals surface area contributed by atoms with E-state index in [1.54, 1.807) is 17.3 Å².